The van der Waals surface area contributed by atoms with E-state index in [1.54, 1.807) is 18.5 Å². The Morgan fingerprint density at radius 2 is 1.51 bits per heavy atom. The average Bonchev–Trinajstić information content (AvgIpc) is 3.72. The lowest BCUT2D eigenvalue weighted by Crippen LogP contribution is -2.50. The number of anilines is 3. The van der Waals surface area contributed by atoms with E-state index in [0.717, 1.165) is 99.6 Å². The molecule has 16 heteroatoms. The highest BCUT2D eigenvalue weighted by Gasteiger charge is 2.33. The molecule has 328 valence electrons. The highest BCUT2D eigenvalue weighted by Crippen LogP contribution is 2.35. The Kier molecular flexibility index (Phi) is 12.9. The molecule has 0 spiro atoms. The third-order valence-corrected chi connectivity index (χ3v) is 12.9. The van der Waals surface area contributed by atoms with E-state index in [1.165, 1.54) is 5.69 Å². The molecule has 4 aliphatic rings. The predicted octanol–water partition coefficient (Wildman–Crippen LogP) is 3.89. The van der Waals surface area contributed by atoms with Crippen molar-refractivity contribution in [3.63, 3.8) is 0 Å². The van der Waals surface area contributed by atoms with Gasteiger partial charge in [0.2, 0.25) is 17.7 Å². The minimum Gasteiger partial charge on any atom is -0.484 e. The summed E-state index contributed by atoms with van der Waals surface area (Å²) in [7, 11) is 0. The maximum absolute atomic E-state index is 12.9. The van der Waals surface area contributed by atoms with Gasteiger partial charge < -0.3 is 29.7 Å². The molecular weight excluding hydrogens is 799 g/mol. The Labute approximate surface area is 367 Å². The zero-order chi connectivity index (χ0) is 43.1. The van der Waals surface area contributed by atoms with Crippen LogP contribution in [0.1, 0.15) is 55.2 Å². The van der Waals surface area contributed by atoms with Gasteiger partial charge >= 0.3 is 0 Å². The van der Waals surface area contributed by atoms with Gasteiger partial charge in [-0.25, -0.2) is 15.0 Å². The third-order valence-electron chi connectivity index (χ3n) is 12.9. The van der Waals surface area contributed by atoms with Gasteiger partial charge in [-0.3, -0.25) is 34.3 Å². The fraction of sp³-hybridized carbons (Fsp3) is 0.426. The van der Waals surface area contributed by atoms with Crippen LogP contribution in [0.4, 0.5) is 17.2 Å². The van der Waals surface area contributed by atoms with Crippen LogP contribution in [0.2, 0.25) is 0 Å². The number of ether oxygens (including phenoxy) is 1. The Bertz CT molecular complexity index is 2370. The lowest BCUT2D eigenvalue weighted by Gasteiger charge is -2.37. The van der Waals surface area contributed by atoms with E-state index in [2.05, 4.69) is 74.4 Å². The zero-order valence-corrected chi connectivity index (χ0v) is 35.5. The van der Waals surface area contributed by atoms with Gasteiger partial charge in [-0.15, -0.1) is 0 Å². The number of amides is 4. The van der Waals surface area contributed by atoms with E-state index in [9.17, 15) is 19.2 Å². The van der Waals surface area contributed by atoms with Crippen molar-refractivity contribution in [3.8, 4) is 5.75 Å². The number of hydrogen-bond donors (Lipinski definition) is 3. The first-order chi connectivity index (χ1) is 30.8. The Balaban J connectivity index is 0.656. The van der Waals surface area contributed by atoms with E-state index in [-0.39, 0.29) is 48.2 Å². The molecule has 1 saturated carbocycles. The molecule has 9 rings (SSSR count). The van der Waals surface area contributed by atoms with Crippen LogP contribution in [0.3, 0.4) is 0 Å². The third kappa shape index (κ3) is 10.3. The zero-order valence-electron chi connectivity index (χ0n) is 35.5. The van der Waals surface area contributed by atoms with Crippen molar-refractivity contribution in [2.24, 2.45) is 0 Å². The topological polar surface area (TPSA) is 170 Å². The van der Waals surface area contributed by atoms with Gasteiger partial charge in [-0.1, -0.05) is 42.5 Å². The van der Waals surface area contributed by atoms with Crippen LogP contribution in [-0.2, 0) is 25.6 Å². The number of rotatable bonds is 15. The van der Waals surface area contributed by atoms with Crippen LogP contribution in [0.5, 0.6) is 5.75 Å². The predicted molar refractivity (Wildman–Crippen MR) is 239 cm³/mol. The molecule has 5 heterocycles. The number of imidazole rings is 1. The lowest BCUT2D eigenvalue weighted by atomic mass is 9.86. The number of piperazine rings is 2. The Morgan fingerprint density at radius 1 is 0.794 bits per heavy atom. The number of benzene rings is 3. The second-order valence-corrected chi connectivity index (χ2v) is 17.0. The fourth-order valence-corrected chi connectivity index (χ4v) is 9.11. The molecule has 3 saturated heterocycles. The van der Waals surface area contributed by atoms with E-state index in [0.29, 0.717) is 43.9 Å². The van der Waals surface area contributed by atoms with Crippen LogP contribution in [-0.4, -0.2) is 136 Å². The molecule has 1 atom stereocenters. The molecule has 3 N–H and O–H groups in total. The van der Waals surface area contributed by atoms with Crippen LogP contribution in [0, 0.1) is 0 Å². The molecule has 4 amide bonds. The number of carbonyl (C=O) groups is 4. The molecule has 3 aliphatic heterocycles. The van der Waals surface area contributed by atoms with Crippen molar-refractivity contribution in [2.75, 3.05) is 82.3 Å². The minimum absolute atomic E-state index is 0.0210. The summed E-state index contributed by atoms with van der Waals surface area (Å²) in [4.78, 5) is 72.2. The van der Waals surface area contributed by atoms with Gasteiger partial charge in [0, 0.05) is 82.2 Å². The van der Waals surface area contributed by atoms with Crippen LogP contribution in [0.25, 0.3) is 11.2 Å². The summed E-state index contributed by atoms with van der Waals surface area (Å²) in [5, 5.41) is 9.02. The van der Waals surface area contributed by atoms with E-state index in [1.807, 2.05) is 53.7 Å². The van der Waals surface area contributed by atoms with Gasteiger partial charge in [0.25, 0.3) is 5.91 Å². The van der Waals surface area contributed by atoms with Gasteiger partial charge in [0.15, 0.2) is 23.6 Å². The van der Waals surface area contributed by atoms with Gasteiger partial charge in [0.05, 0.1) is 18.7 Å². The van der Waals surface area contributed by atoms with Gasteiger partial charge in [-0.2, -0.15) is 0 Å². The molecule has 63 heavy (non-hydrogen) atoms. The quantitative estimate of drug-likeness (QED) is 0.130. The number of carbonyl (C=O) groups excluding carboxylic acids is 4. The fourth-order valence-electron chi connectivity index (χ4n) is 9.11. The summed E-state index contributed by atoms with van der Waals surface area (Å²) in [5.41, 5.74) is 5.50. The summed E-state index contributed by atoms with van der Waals surface area (Å²) >= 11 is 0. The number of nitrogens with zero attached hydrogens (tertiary/aromatic N) is 8. The first-order valence-electron chi connectivity index (χ1n) is 22.2. The monoisotopic (exact) mass is 853 g/mol. The SMILES string of the molecule is O=C1CC[C@@H](c2ccc(OCC(=O)N3CCN(CCCN4CCN(c5ccc(Nc6ncnc7c6ncn7C6CC(NC(=O)Cc7ccccc7)C6)cc5)CC4)CC3)cc2)C(=O)N1. The molecular formula is C47H55N11O5. The Hall–Kier alpha value is -6.39. The number of imide groups is 1. The standard InChI is InChI=1S/C47H55N11O5/c59-41-16-15-40(47(62)53-41)34-7-13-39(14-8-34)63-30-43(61)57-25-21-55(22-26-57)18-4-17-54-19-23-56(24-20-54)37-11-9-35(10-12-37)52-45-44-46(49-31-48-45)58(32-50-44)38-28-36(29-38)51-42(60)27-33-5-2-1-3-6-33/h1-3,5-14,31-32,36,38,40H,4,15-30H2,(H,51,60)(H,48,49,52)(H,53,59,62)/t36?,38?,40-/m0/s1. The highest BCUT2D eigenvalue weighted by atomic mass is 16.5. The minimum atomic E-state index is -0.342. The summed E-state index contributed by atoms with van der Waals surface area (Å²) in [6.45, 7) is 9.14. The second-order valence-electron chi connectivity index (χ2n) is 17.0. The summed E-state index contributed by atoms with van der Waals surface area (Å²) < 4.78 is 7.89. The van der Waals surface area contributed by atoms with Crippen LogP contribution < -0.4 is 25.6 Å². The summed E-state index contributed by atoms with van der Waals surface area (Å²) in [5.74, 6) is 0.441. The summed E-state index contributed by atoms with van der Waals surface area (Å²) in [6, 6.07) is 25.9. The molecule has 5 aromatic rings. The van der Waals surface area contributed by atoms with Crippen LogP contribution >= 0.6 is 0 Å². The Morgan fingerprint density at radius 3 is 2.22 bits per heavy atom. The first kappa shape index (κ1) is 41.9. The van der Waals surface area contributed by atoms with E-state index < -0.39 is 0 Å². The molecule has 1 aliphatic carbocycles. The first-order valence-corrected chi connectivity index (χ1v) is 22.2. The maximum atomic E-state index is 12.9. The maximum Gasteiger partial charge on any atom is 0.260 e. The van der Waals surface area contributed by atoms with E-state index >= 15 is 0 Å². The molecule has 0 bridgehead atoms. The summed E-state index contributed by atoms with van der Waals surface area (Å²) in [6.07, 6.45) is 7.41. The van der Waals surface area contributed by atoms with Gasteiger partial charge in [-0.05, 0) is 86.3 Å². The van der Waals surface area contributed by atoms with Crippen molar-refractivity contribution in [3.05, 3.63) is 103 Å². The largest absolute Gasteiger partial charge is 0.484 e. The van der Waals surface area contributed by atoms with E-state index in [4.69, 9.17) is 4.74 Å². The lowest BCUT2D eigenvalue weighted by molar-refractivity contribution is -0.135. The normalized spacial score (nSPS) is 20.9. The number of aromatic nitrogens is 4. The number of fused-ring (bicyclic) bond motifs is 1. The number of nitrogens with one attached hydrogen (secondary N) is 3. The van der Waals surface area contributed by atoms with Crippen molar-refractivity contribution in [2.45, 2.75) is 56.5 Å². The highest BCUT2D eigenvalue weighted by molar-refractivity contribution is 6.01. The molecule has 16 nitrogen and oxygen atoms in total. The average molecular weight is 854 g/mol. The van der Waals surface area contributed by atoms with Crippen molar-refractivity contribution < 1.29 is 23.9 Å². The second kappa shape index (κ2) is 19.3. The van der Waals surface area contributed by atoms with Crippen LogP contribution in [0.15, 0.2) is 91.5 Å². The smallest absolute Gasteiger partial charge is 0.260 e. The van der Waals surface area contributed by atoms with Crippen molar-refractivity contribution in [1.82, 2.24) is 44.9 Å². The molecule has 0 radical (unpaired) electrons. The van der Waals surface area contributed by atoms with Crippen molar-refractivity contribution >= 4 is 52.0 Å². The molecule has 4 fully saturated rings. The van der Waals surface area contributed by atoms with Gasteiger partial charge in [0.1, 0.15) is 12.1 Å². The number of hydrogen-bond acceptors (Lipinski definition) is 12. The molecule has 0 unspecified atom stereocenters. The number of piperidine rings is 1. The molecule has 2 aromatic heterocycles. The van der Waals surface area contributed by atoms with Crippen molar-refractivity contribution in [1.29, 1.82) is 0 Å². The molecule has 3 aromatic carbocycles.